The van der Waals surface area contributed by atoms with Crippen molar-refractivity contribution in [2.24, 2.45) is 5.41 Å². The molecule has 1 aliphatic rings. The molecule has 19 heavy (non-hydrogen) atoms. The smallest absolute Gasteiger partial charge is 0.0623 e. The van der Waals surface area contributed by atoms with Gasteiger partial charge in [0.1, 0.15) is 0 Å². The third kappa shape index (κ3) is 5.41. The number of likely N-dealkylation sites (N-methyl/N-ethyl adjacent to an activating group) is 1. The standard InChI is InChI=1S/C16H34N2O/c1-6-11-17-16(4,13-19)12-18(5)14-7-9-15(2,3)10-8-14/h14,17,19H,6-13H2,1-5H3. The van der Waals surface area contributed by atoms with Crippen molar-refractivity contribution in [2.75, 3.05) is 26.7 Å². The number of aliphatic hydroxyl groups is 1. The zero-order valence-electron chi connectivity index (χ0n) is 13.6. The van der Waals surface area contributed by atoms with Gasteiger partial charge >= 0.3 is 0 Å². The molecule has 1 saturated carbocycles. The van der Waals surface area contributed by atoms with E-state index in [4.69, 9.17) is 0 Å². The Kier molecular flexibility index (Phi) is 6.28. The fourth-order valence-corrected chi connectivity index (χ4v) is 3.09. The van der Waals surface area contributed by atoms with E-state index >= 15 is 0 Å². The minimum Gasteiger partial charge on any atom is -0.394 e. The van der Waals surface area contributed by atoms with Crippen LogP contribution in [0.2, 0.25) is 0 Å². The Morgan fingerprint density at radius 2 is 1.89 bits per heavy atom. The van der Waals surface area contributed by atoms with Gasteiger partial charge in [0.15, 0.2) is 0 Å². The summed E-state index contributed by atoms with van der Waals surface area (Å²) in [5.74, 6) is 0. The normalized spacial score (nSPS) is 23.5. The van der Waals surface area contributed by atoms with Crippen LogP contribution in [0.1, 0.15) is 59.8 Å². The van der Waals surface area contributed by atoms with E-state index in [-0.39, 0.29) is 12.1 Å². The van der Waals surface area contributed by atoms with Crippen LogP contribution in [0, 0.1) is 5.41 Å². The molecule has 3 nitrogen and oxygen atoms in total. The van der Waals surface area contributed by atoms with Gasteiger partial charge in [0.25, 0.3) is 0 Å². The van der Waals surface area contributed by atoms with Gasteiger partial charge in [0.2, 0.25) is 0 Å². The molecular formula is C16H34N2O. The van der Waals surface area contributed by atoms with E-state index in [1.165, 1.54) is 25.7 Å². The van der Waals surface area contributed by atoms with Crippen LogP contribution in [0.15, 0.2) is 0 Å². The SMILES string of the molecule is CCCNC(C)(CO)CN(C)C1CCC(C)(C)CC1. The minimum atomic E-state index is -0.169. The van der Waals surface area contributed by atoms with E-state index in [1.54, 1.807) is 0 Å². The Labute approximate surface area is 119 Å². The summed E-state index contributed by atoms with van der Waals surface area (Å²) < 4.78 is 0. The molecule has 0 radical (unpaired) electrons. The molecule has 0 spiro atoms. The second-order valence-electron chi connectivity index (χ2n) is 7.46. The topological polar surface area (TPSA) is 35.5 Å². The summed E-state index contributed by atoms with van der Waals surface area (Å²) in [5.41, 5.74) is 0.357. The molecule has 0 heterocycles. The predicted octanol–water partition coefficient (Wildman–Crippen LogP) is 2.64. The average Bonchev–Trinajstić information content (AvgIpc) is 2.36. The maximum atomic E-state index is 9.65. The van der Waals surface area contributed by atoms with Gasteiger partial charge in [-0.1, -0.05) is 20.8 Å². The van der Waals surface area contributed by atoms with Crippen molar-refractivity contribution in [3.8, 4) is 0 Å². The molecule has 1 unspecified atom stereocenters. The Bertz CT molecular complexity index is 257. The lowest BCUT2D eigenvalue weighted by Crippen LogP contribution is -2.55. The van der Waals surface area contributed by atoms with Crippen LogP contribution in [0.25, 0.3) is 0 Å². The largest absolute Gasteiger partial charge is 0.394 e. The zero-order chi connectivity index (χ0) is 14.5. The fraction of sp³-hybridized carbons (Fsp3) is 1.00. The van der Waals surface area contributed by atoms with Gasteiger partial charge < -0.3 is 15.3 Å². The van der Waals surface area contributed by atoms with Crippen molar-refractivity contribution in [1.29, 1.82) is 0 Å². The number of aliphatic hydroxyl groups excluding tert-OH is 1. The van der Waals surface area contributed by atoms with E-state index in [9.17, 15) is 5.11 Å². The summed E-state index contributed by atoms with van der Waals surface area (Å²) in [7, 11) is 2.21. The molecule has 1 fully saturated rings. The molecule has 1 aliphatic carbocycles. The Morgan fingerprint density at radius 1 is 1.32 bits per heavy atom. The van der Waals surface area contributed by atoms with Crippen LogP contribution in [-0.4, -0.2) is 48.3 Å². The van der Waals surface area contributed by atoms with Crippen molar-refractivity contribution in [3.05, 3.63) is 0 Å². The van der Waals surface area contributed by atoms with Gasteiger partial charge in [0.05, 0.1) is 12.1 Å². The Hall–Kier alpha value is -0.120. The van der Waals surface area contributed by atoms with E-state index < -0.39 is 0 Å². The van der Waals surface area contributed by atoms with Gasteiger partial charge in [0, 0.05) is 12.6 Å². The molecule has 1 atom stereocenters. The molecule has 114 valence electrons. The van der Waals surface area contributed by atoms with E-state index in [1.807, 2.05) is 0 Å². The third-order valence-corrected chi connectivity index (χ3v) is 4.68. The summed E-state index contributed by atoms with van der Waals surface area (Å²) in [6.45, 7) is 11.2. The van der Waals surface area contributed by atoms with Crippen LogP contribution in [-0.2, 0) is 0 Å². The molecule has 0 aromatic heterocycles. The first-order valence-electron chi connectivity index (χ1n) is 7.88. The second kappa shape index (κ2) is 7.05. The summed E-state index contributed by atoms with van der Waals surface area (Å²) in [6, 6.07) is 0.683. The van der Waals surface area contributed by atoms with Crippen LogP contribution < -0.4 is 5.32 Å². The molecule has 0 saturated heterocycles. The fourth-order valence-electron chi connectivity index (χ4n) is 3.09. The van der Waals surface area contributed by atoms with Gasteiger partial charge in [-0.05, 0) is 58.0 Å². The molecule has 0 bridgehead atoms. The zero-order valence-corrected chi connectivity index (χ0v) is 13.6. The predicted molar refractivity (Wildman–Crippen MR) is 82.5 cm³/mol. The lowest BCUT2D eigenvalue weighted by Gasteiger charge is -2.42. The monoisotopic (exact) mass is 270 g/mol. The summed E-state index contributed by atoms with van der Waals surface area (Å²) >= 11 is 0. The summed E-state index contributed by atoms with van der Waals surface area (Å²) in [4.78, 5) is 2.45. The molecule has 0 aromatic carbocycles. The van der Waals surface area contributed by atoms with Gasteiger partial charge in [-0.2, -0.15) is 0 Å². The number of hydrogen-bond acceptors (Lipinski definition) is 3. The van der Waals surface area contributed by atoms with Crippen molar-refractivity contribution < 1.29 is 5.11 Å². The Balaban J connectivity index is 2.46. The van der Waals surface area contributed by atoms with E-state index in [2.05, 4.69) is 45.0 Å². The maximum Gasteiger partial charge on any atom is 0.0623 e. The number of rotatable bonds is 7. The second-order valence-corrected chi connectivity index (χ2v) is 7.46. The highest BCUT2D eigenvalue weighted by molar-refractivity contribution is 4.89. The van der Waals surface area contributed by atoms with Crippen LogP contribution in [0.5, 0.6) is 0 Å². The van der Waals surface area contributed by atoms with Crippen LogP contribution in [0.3, 0.4) is 0 Å². The number of nitrogens with one attached hydrogen (secondary N) is 1. The van der Waals surface area contributed by atoms with Crippen molar-refractivity contribution in [2.45, 2.75) is 71.4 Å². The van der Waals surface area contributed by atoms with Crippen molar-refractivity contribution in [3.63, 3.8) is 0 Å². The summed E-state index contributed by atoms with van der Waals surface area (Å²) in [6.07, 6.45) is 6.33. The quantitative estimate of drug-likeness (QED) is 0.746. The van der Waals surface area contributed by atoms with Crippen LogP contribution in [0.4, 0.5) is 0 Å². The molecule has 0 amide bonds. The Morgan fingerprint density at radius 3 is 2.37 bits per heavy atom. The number of nitrogens with zero attached hydrogens (tertiary/aromatic N) is 1. The van der Waals surface area contributed by atoms with Crippen LogP contribution >= 0.6 is 0 Å². The average molecular weight is 270 g/mol. The molecule has 2 N–H and O–H groups in total. The third-order valence-electron chi connectivity index (χ3n) is 4.68. The molecule has 1 rings (SSSR count). The lowest BCUT2D eigenvalue weighted by atomic mass is 9.75. The van der Waals surface area contributed by atoms with Gasteiger partial charge in [-0.3, -0.25) is 0 Å². The van der Waals surface area contributed by atoms with Gasteiger partial charge in [-0.15, -0.1) is 0 Å². The first kappa shape index (κ1) is 16.9. The maximum absolute atomic E-state index is 9.65. The number of hydrogen-bond donors (Lipinski definition) is 2. The highest BCUT2D eigenvalue weighted by Gasteiger charge is 2.32. The summed E-state index contributed by atoms with van der Waals surface area (Å²) in [5, 5.41) is 13.1. The lowest BCUT2D eigenvalue weighted by molar-refractivity contribution is 0.0781. The first-order valence-corrected chi connectivity index (χ1v) is 7.88. The first-order chi connectivity index (χ1) is 8.82. The highest BCUT2D eigenvalue weighted by atomic mass is 16.3. The van der Waals surface area contributed by atoms with Crippen molar-refractivity contribution in [1.82, 2.24) is 10.2 Å². The highest BCUT2D eigenvalue weighted by Crippen LogP contribution is 2.36. The molecule has 3 heteroatoms. The molecule has 0 aromatic rings. The van der Waals surface area contributed by atoms with E-state index in [0.29, 0.717) is 11.5 Å². The molecule has 0 aliphatic heterocycles. The van der Waals surface area contributed by atoms with E-state index in [0.717, 1.165) is 19.5 Å². The van der Waals surface area contributed by atoms with Crippen molar-refractivity contribution >= 4 is 0 Å². The minimum absolute atomic E-state index is 0.169. The van der Waals surface area contributed by atoms with Gasteiger partial charge in [-0.25, -0.2) is 0 Å². The molecular weight excluding hydrogens is 236 g/mol.